The number of halogens is 1. The molecule has 5 aromatic rings. The molecule has 6 rings (SSSR count). The first-order valence-electron chi connectivity index (χ1n) is 12.5. The van der Waals surface area contributed by atoms with Crippen LogP contribution in [0.2, 0.25) is 0 Å². The van der Waals surface area contributed by atoms with Gasteiger partial charge in [-0.2, -0.15) is 8.42 Å². The Morgan fingerprint density at radius 1 is 1.16 bits per heavy atom. The van der Waals surface area contributed by atoms with Gasteiger partial charge in [-0.05, 0) is 60.7 Å². The van der Waals surface area contributed by atoms with E-state index in [9.17, 15) is 17.1 Å². The van der Waals surface area contributed by atoms with E-state index >= 15 is 0 Å². The van der Waals surface area contributed by atoms with E-state index in [4.69, 9.17) is 6.42 Å². The normalized spacial score (nSPS) is 14.4. The molecule has 7 nitrogen and oxygen atoms in total. The first kappa shape index (κ1) is 24.2. The van der Waals surface area contributed by atoms with Gasteiger partial charge in [-0.3, -0.25) is 9.78 Å². The van der Waals surface area contributed by atoms with Crippen LogP contribution in [0.1, 0.15) is 49.8 Å². The van der Waals surface area contributed by atoms with Gasteiger partial charge in [-0.1, -0.05) is 35.6 Å². The minimum absolute atomic E-state index is 0.0658. The smallest absolute Gasteiger partial charge is 0.357 e. The Kier molecular flexibility index (Phi) is 5.73. The number of hydrogen-bond donors (Lipinski definition) is 1. The van der Waals surface area contributed by atoms with Gasteiger partial charge in [0, 0.05) is 39.7 Å². The van der Waals surface area contributed by atoms with Crippen molar-refractivity contribution >= 4 is 43.3 Å². The Morgan fingerprint density at radius 3 is 2.66 bits per heavy atom. The molecule has 0 saturated heterocycles. The first-order chi connectivity index (χ1) is 18.3. The summed E-state index contributed by atoms with van der Waals surface area (Å²) in [6.45, 7) is 1.98. The second kappa shape index (κ2) is 8.99. The Morgan fingerprint density at radius 2 is 1.95 bits per heavy atom. The van der Waals surface area contributed by atoms with Gasteiger partial charge in [0.25, 0.3) is 0 Å². The monoisotopic (exact) mass is 529 g/mol. The second-order valence-electron chi connectivity index (χ2n) is 9.66. The van der Waals surface area contributed by atoms with E-state index in [2.05, 4.69) is 24.6 Å². The summed E-state index contributed by atoms with van der Waals surface area (Å²) in [5.74, 6) is 2.43. The fourth-order valence-corrected chi connectivity index (χ4v) is 6.10. The molecule has 1 N–H and O–H groups in total. The van der Waals surface area contributed by atoms with Gasteiger partial charge in [0.15, 0.2) is 11.2 Å². The summed E-state index contributed by atoms with van der Waals surface area (Å²) in [5, 5.41) is 2.09. The van der Waals surface area contributed by atoms with E-state index in [0.717, 1.165) is 70.6 Å². The number of fused-ring (bicyclic) bond motifs is 4. The van der Waals surface area contributed by atoms with Gasteiger partial charge >= 0.3 is 10.5 Å². The highest BCUT2D eigenvalue weighted by Gasteiger charge is 2.25. The van der Waals surface area contributed by atoms with Crippen molar-refractivity contribution in [1.82, 2.24) is 14.5 Å². The maximum absolute atomic E-state index is 14.0. The molecule has 1 saturated carbocycles. The molecule has 1 aliphatic rings. The SMILES string of the molecule is C#Cc1ccc2c(c1)[nH]c1c2c(=O)c2cc(CC)c(-c3cncc(OS(=O)(=O)F)c3)cc2n1C1CCCC1. The number of benzene rings is 2. The zero-order valence-corrected chi connectivity index (χ0v) is 21.4. The van der Waals surface area contributed by atoms with Crippen LogP contribution in [0.5, 0.6) is 5.75 Å². The lowest BCUT2D eigenvalue weighted by Crippen LogP contribution is -2.15. The van der Waals surface area contributed by atoms with Crippen molar-refractivity contribution in [3.05, 3.63) is 70.1 Å². The third-order valence-electron chi connectivity index (χ3n) is 7.43. The summed E-state index contributed by atoms with van der Waals surface area (Å²) in [6, 6.07) is 11.1. The molecule has 0 bridgehead atoms. The summed E-state index contributed by atoms with van der Waals surface area (Å²) in [7, 11) is -5.19. The molecular formula is C29H24FN3O4S. The molecule has 0 radical (unpaired) electrons. The van der Waals surface area contributed by atoms with E-state index < -0.39 is 10.5 Å². The van der Waals surface area contributed by atoms with E-state index in [-0.39, 0.29) is 17.2 Å². The van der Waals surface area contributed by atoms with Crippen LogP contribution < -0.4 is 9.61 Å². The average Bonchev–Trinajstić information content (AvgIpc) is 3.55. The number of pyridine rings is 2. The molecule has 0 unspecified atom stereocenters. The standard InChI is InChI=1S/C29H24FN3O4S/c1-3-17-9-10-22-25(11-17)32-29-27(22)28(34)24-13-18(4-2)23(14-26(24)33(29)20-7-5-6-8-20)19-12-21(16-31-15-19)37-38(30,35)36/h1,9-16,20,32H,4-8H2,2H3. The first-order valence-corrected chi connectivity index (χ1v) is 13.8. The summed E-state index contributed by atoms with van der Waals surface area (Å²) in [5.41, 5.74) is 5.21. The molecule has 38 heavy (non-hydrogen) atoms. The largest absolute Gasteiger partial charge is 0.488 e. The predicted molar refractivity (Wildman–Crippen MR) is 146 cm³/mol. The van der Waals surface area contributed by atoms with Crippen LogP contribution in [0, 0.1) is 12.3 Å². The van der Waals surface area contributed by atoms with E-state index in [0.29, 0.717) is 22.8 Å². The number of H-pyrrole nitrogens is 1. The van der Waals surface area contributed by atoms with Crippen molar-refractivity contribution in [1.29, 1.82) is 0 Å². The maximum Gasteiger partial charge on any atom is 0.488 e. The van der Waals surface area contributed by atoms with Gasteiger partial charge in [0.1, 0.15) is 5.65 Å². The van der Waals surface area contributed by atoms with Gasteiger partial charge in [-0.25, -0.2) is 0 Å². The number of nitrogens with one attached hydrogen (secondary N) is 1. The van der Waals surface area contributed by atoms with Crippen molar-refractivity contribution < 1.29 is 16.5 Å². The molecule has 0 spiro atoms. The molecule has 0 atom stereocenters. The highest BCUT2D eigenvalue weighted by Crippen LogP contribution is 2.38. The Balaban J connectivity index is 1.69. The summed E-state index contributed by atoms with van der Waals surface area (Å²) < 4.78 is 41.9. The Hall–Kier alpha value is -4.16. The Bertz CT molecular complexity index is 1960. The summed E-state index contributed by atoms with van der Waals surface area (Å²) >= 11 is 0. The number of aromatic nitrogens is 3. The van der Waals surface area contributed by atoms with Crippen LogP contribution in [0.25, 0.3) is 44.0 Å². The fraction of sp³-hybridized carbons (Fsp3) is 0.241. The zero-order chi connectivity index (χ0) is 26.6. The van der Waals surface area contributed by atoms with E-state index in [1.807, 2.05) is 37.3 Å². The quantitative estimate of drug-likeness (QED) is 0.224. The molecule has 2 aromatic carbocycles. The Labute approximate surface area is 218 Å². The third kappa shape index (κ3) is 4.02. The lowest BCUT2D eigenvalue weighted by atomic mass is 9.95. The highest BCUT2D eigenvalue weighted by atomic mass is 32.3. The number of hydrogen-bond acceptors (Lipinski definition) is 5. The number of aromatic amines is 1. The molecule has 192 valence electrons. The van der Waals surface area contributed by atoms with Crippen LogP contribution in [-0.2, 0) is 16.9 Å². The predicted octanol–water partition coefficient (Wildman–Crippen LogP) is 5.95. The zero-order valence-electron chi connectivity index (χ0n) is 20.6. The van der Waals surface area contributed by atoms with Gasteiger partial charge in [-0.15, -0.1) is 6.42 Å². The molecule has 3 heterocycles. The van der Waals surface area contributed by atoms with E-state index in [1.165, 1.54) is 6.07 Å². The molecule has 9 heteroatoms. The molecule has 3 aromatic heterocycles. The molecule has 0 amide bonds. The van der Waals surface area contributed by atoms with Gasteiger partial charge in [0.05, 0.1) is 17.1 Å². The average molecular weight is 530 g/mol. The number of nitrogens with zero attached hydrogens (tertiary/aromatic N) is 2. The van der Waals surface area contributed by atoms with Crippen molar-refractivity contribution in [2.75, 3.05) is 0 Å². The molecular weight excluding hydrogens is 505 g/mol. The van der Waals surface area contributed by atoms with Crippen LogP contribution in [0.15, 0.2) is 53.6 Å². The minimum Gasteiger partial charge on any atom is -0.357 e. The fourth-order valence-electron chi connectivity index (χ4n) is 5.78. The van der Waals surface area contributed by atoms with Crippen molar-refractivity contribution in [3.63, 3.8) is 0 Å². The van der Waals surface area contributed by atoms with Crippen molar-refractivity contribution in [2.45, 2.75) is 45.1 Å². The van der Waals surface area contributed by atoms with Crippen LogP contribution in [0.4, 0.5) is 3.89 Å². The number of terminal acetylenes is 1. The highest BCUT2D eigenvalue weighted by molar-refractivity contribution is 7.81. The molecule has 0 aliphatic heterocycles. The third-order valence-corrected chi connectivity index (χ3v) is 7.82. The van der Waals surface area contributed by atoms with Crippen LogP contribution in [0.3, 0.4) is 0 Å². The lowest BCUT2D eigenvalue weighted by molar-refractivity contribution is 0.439. The molecule has 1 fully saturated rings. The second-order valence-corrected chi connectivity index (χ2v) is 10.6. The number of rotatable bonds is 5. The van der Waals surface area contributed by atoms with Gasteiger partial charge in [0.2, 0.25) is 0 Å². The van der Waals surface area contributed by atoms with Gasteiger partial charge < -0.3 is 13.7 Å². The maximum atomic E-state index is 14.0. The van der Waals surface area contributed by atoms with Crippen molar-refractivity contribution in [2.24, 2.45) is 0 Å². The van der Waals surface area contributed by atoms with Crippen molar-refractivity contribution in [3.8, 4) is 29.2 Å². The molecule has 1 aliphatic carbocycles. The van der Waals surface area contributed by atoms with Crippen LogP contribution in [-0.4, -0.2) is 23.0 Å². The van der Waals surface area contributed by atoms with E-state index in [1.54, 1.807) is 6.20 Å². The minimum atomic E-state index is -5.19. The topological polar surface area (TPSA) is 94.1 Å². The summed E-state index contributed by atoms with van der Waals surface area (Å²) in [6.07, 6.45) is 13.1. The summed E-state index contributed by atoms with van der Waals surface area (Å²) in [4.78, 5) is 21.5. The number of aryl methyl sites for hydroxylation is 1. The van der Waals surface area contributed by atoms with Crippen LogP contribution >= 0.6 is 0 Å². The lowest BCUT2D eigenvalue weighted by Gasteiger charge is -2.21.